The summed E-state index contributed by atoms with van der Waals surface area (Å²) in [5, 5.41) is 21.6. The molecule has 8 heteroatoms. The Morgan fingerprint density at radius 3 is 2.69 bits per heavy atom. The van der Waals surface area contributed by atoms with Crippen molar-refractivity contribution >= 4 is 17.6 Å². The van der Waals surface area contributed by atoms with E-state index in [9.17, 15) is 5.11 Å². The van der Waals surface area contributed by atoms with Gasteiger partial charge in [-0.25, -0.2) is 4.99 Å². The molecule has 152 valence electrons. The van der Waals surface area contributed by atoms with Crippen LogP contribution >= 0.6 is 11.6 Å². The fourth-order valence-electron chi connectivity index (χ4n) is 2.71. The molecule has 2 aromatic carbocycles. The third-order valence-corrected chi connectivity index (χ3v) is 4.50. The standard InChI is InChI=1S/C21H24ClN5O2/c1-3-23-20(25-14-21(2,28)16-9-5-4-6-10-16)24-13-18-26-19(27-29-18)15-8-7-11-17(22)12-15/h4-12,28H,3,13-14H2,1-2H3,(H2,23,24,25). The van der Waals surface area contributed by atoms with E-state index in [1.807, 2.05) is 49.4 Å². The number of guanidine groups is 1. The zero-order valence-corrected chi connectivity index (χ0v) is 17.1. The minimum atomic E-state index is -1.04. The number of aliphatic hydroxyl groups is 1. The van der Waals surface area contributed by atoms with Crippen molar-refractivity contribution in [1.29, 1.82) is 0 Å². The van der Waals surface area contributed by atoms with Crippen LogP contribution in [0.2, 0.25) is 5.02 Å². The minimum absolute atomic E-state index is 0.205. The zero-order valence-electron chi connectivity index (χ0n) is 16.4. The summed E-state index contributed by atoms with van der Waals surface area (Å²) in [6, 6.07) is 16.8. The second-order valence-electron chi connectivity index (χ2n) is 6.71. The molecular weight excluding hydrogens is 390 g/mol. The lowest BCUT2D eigenvalue weighted by Gasteiger charge is -2.25. The molecule has 0 aliphatic rings. The highest BCUT2D eigenvalue weighted by Crippen LogP contribution is 2.20. The normalized spacial score (nSPS) is 13.7. The number of benzene rings is 2. The molecule has 0 saturated heterocycles. The van der Waals surface area contributed by atoms with Gasteiger partial charge in [0, 0.05) is 17.1 Å². The highest BCUT2D eigenvalue weighted by Gasteiger charge is 2.23. The molecule has 1 heterocycles. The van der Waals surface area contributed by atoms with Crippen molar-refractivity contribution in [3.8, 4) is 11.4 Å². The Kier molecular flexibility index (Phi) is 6.85. The Hall–Kier alpha value is -2.90. The monoisotopic (exact) mass is 413 g/mol. The summed E-state index contributed by atoms with van der Waals surface area (Å²) in [5.41, 5.74) is 0.564. The van der Waals surface area contributed by atoms with Gasteiger partial charge in [-0.15, -0.1) is 0 Å². The van der Waals surface area contributed by atoms with E-state index in [1.165, 1.54) is 0 Å². The van der Waals surface area contributed by atoms with E-state index < -0.39 is 5.60 Å². The highest BCUT2D eigenvalue weighted by atomic mass is 35.5. The van der Waals surface area contributed by atoms with E-state index in [4.69, 9.17) is 16.1 Å². The van der Waals surface area contributed by atoms with E-state index in [1.54, 1.807) is 19.1 Å². The molecule has 0 radical (unpaired) electrons. The summed E-state index contributed by atoms with van der Waals surface area (Å²) >= 11 is 6.01. The van der Waals surface area contributed by atoms with Crippen molar-refractivity contribution in [2.75, 3.05) is 13.1 Å². The maximum absolute atomic E-state index is 10.7. The Labute approximate surface area is 174 Å². The van der Waals surface area contributed by atoms with Gasteiger partial charge >= 0.3 is 0 Å². The second-order valence-corrected chi connectivity index (χ2v) is 7.15. The fourth-order valence-corrected chi connectivity index (χ4v) is 2.90. The molecule has 3 aromatic rings. The van der Waals surface area contributed by atoms with Gasteiger partial charge in [-0.1, -0.05) is 59.2 Å². The van der Waals surface area contributed by atoms with Gasteiger partial charge < -0.3 is 20.3 Å². The topological polar surface area (TPSA) is 95.6 Å². The third-order valence-electron chi connectivity index (χ3n) is 4.26. The van der Waals surface area contributed by atoms with Gasteiger partial charge in [0.1, 0.15) is 12.1 Å². The van der Waals surface area contributed by atoms with Crippen molar-refractivity contribution in [3.05, 3.63) is 71.1 Å². The summed E-state index contributed by atoms with van der Waals surface area (Å²) in [6.45, 7) is 4.90. The molecule has 7 nitrogen and oxygen atoms in total. The van der Waals surface area contributed by atoms with Crippen LogP contribution in [0.25, 0.3) is 11.4 Å². The van der Waals surface area contributed by atoms with Crippen LogP contribution in [-0.4, -0.2) is 34.3 Å². The van der Waals surface area contributed by atoms with Gasteiger partial charge in [0.15, 0.2) is 5.96 Å². The number of nitrogens with one attached hydrogen (secondary N) is 2. The quantitative estimate of drug-likeness (QED) is 0.406. The van der Waals surface area contributed by atoms with E-state index in [0.29, 0.717) is 35.8 Å². The fraction of sp³-hybridized carbons (Fsp3) is 0.286. The number of aliphatic imine (C=N–C) groups is 1. The Morgan fingerprint density at radius 1 is 1.17 bits per heavy atom. The lowest BCUT2D eigenvalue weighted by Crippen LogP contribution is -2.44. The molecule has 3 N–H and O–H groups in total. The molecule has 1 aromatic heterocycles. The molecule has 0 aliphatic carbocycles. The van der Waals surface area contributed by atoms with Crippen LogP contribution in [0.4, 0.5) is 0 Å². The number of hydrogen-bond acceptors (Lipinski definition) is 5. The summed E-state index contributed by atoms with van der Waals surface area (Å²) in [4.78, 5) is 8.83. The van der Waals surface area contributed by atoms with Gasteiger partial charge in [0.25, 0.3) is 0 Å². The lowest BCUT2D eigenvalue weighted by atomic mass is 9.96. The molecule has 1 atom stereocenters. The first-order valence-corrected chi connectivity index (χ1v) is 9.74. The van der Waals surface area contributed by atoms with Crippen LogP contribution in [0.15, 0.2) is 64.1 Å². The molecule has 0 bridgehead atoms. The van der Waals surface area contributed by atoms with Crippen molar-refractivity contribution in [2.24, 2.45) is 4.99 Å². The maximum atomic E-state index is 10.7. The Bertz CT molecular complexity index is 956. The number of halogens is 1. The lowest BCUT2D eigenvalue weighted by molar-refractivity contribution is 0.0617. The van der Waals surface area contributed by atoms with Crippen LogP contribution in [0, 0.1) is 0 Å². The summed E-state index contributed by atoms with van der Waals surface area (Å²) < 4.78 is 5.29. The van der Waals surface area contributed by atoms with Crippen LogP contribution < -0.4 is 10.6 Å². The van der Waals surface area contributed by atoms with Crippen molar-refractivity contribution in [3.63, 3.8) is 0 Å². The molecule has 3 rings (SSSR count). The number of hydrogen-bond donors (Lipinski definition) is 3. The van der Waals surface area contributed by atoms with E-state index in [0.717, 1.165) is 11.1 Å². The summed E-state index contributed by atoms with van der Waals surface area (Å²) in [7, 11) is 0. The number of aromatic nitrogens is 2. The average Bonchev–Trinajstić information content (AvgIpc) is 3.20. The van der Waals surface area contributed by atoms with Crippen molar-refractivity contribution in [2.45, 2.75) is 26.0 Å². The average molecular weight is 414 g/mol. The van der Waals surface area contributed by atoms with Gasteiger partial charge in [-0.2, -0.15) is 4.98 Å². The third kappa shape index (κ3) is 5.79. The molecule has 0 fully saturated rings. The Morgan fingerprint density at radius 2 is 1.97 bits per heavy atom. The van der Waals surface area contributed by atoms with Gasteiger partial charge in [0.2, 0.25) is 11.7 Å². The highest BCUT2D eigenvalue weighted by molar-refractivity contribution is 6.30. The predicted octanol–water partition coefficient (Wildman–Crippen LogP) is 3.35. The van der Waals surface area contributed by atoms with Crippen molar-refractivity contribution < 1.29 is 9.63 Å². The molecule has 0 amide bonds. The maximum Gasteiger partial charge on any atom is 0.248 e. The van der Waals surface area contributed by atoms with Crippen LogP contribution in [0.3, 0.4) is 0 Å². The first kappa shape index (κ1) is 20.8. The predicted molar refractivity (Wildman–Crippen MR) is 114 cm³/mol. The second kappa shape index (κ2) is 9.54. The molecule has 29 heavy (non-hydrogen) atoms. The van der Waals surface area contributed by atoms with E-state index >= 15 is 0 Å². The first-order chi connectivity index (χ1) is 14.0. The Balaban J connectivity index is 1.65. The SMILES string of the molecule is CCNC(=NCc1nc(-c2cccc(Cl)c2)no1)NCC(C)(O)c1ccccc1. The van der Waals surface area contributed by atoms with Gasteiger partial charge in [-0.05, 0) is 31.5 Å². The minimum Gasteiger partial charge on any atom is -0.384 e. The zero-order chi connectivity index (χ0) is 20.7. The van der Waals surface area contributed by atoms with Crippen LogP contribution in [0.5, 0.6) is 0 Å². The van der Waals surface area contributed by atoms with Gasteiger partial charge in [-0.3, -0.25) is 0 Å². The van der Waals surface area contributed by atoms with E-state index in [2.05, 4.69) is 25.8 Å². The smallest absolute Gasteiger partial charge is 0.248 e. The summed E-state index contributed by atoms with van der Waals surface area (Å²) in [6.07, 6.45) is 0. The van der Waals surface area contributed by atoms with Crippen LogP contribution in [-0.2, 0) is 12.1 Å². The largest absolute Gasteiger partial charge is 0.384 e. The molecule has 0 saturated carbocycles. The van der Waals surface area contributed by atoms with Crippen molar-refractivity contribution in [1.82, 2.24) is 20.8 Å². The summed E-state index contributed by atoms with van der Waals surface area (Å²) in [5.74, 6) is 1.39. The molecule has 0 aliphatic heterocycles. The molecule has 0 spiro atoms. The van der Waals surface area contributed by atoms with Gasteiger partial charge in [0.05, 0.1) is 6.54 Å². The molecular formula is C21H24ClN5O2. The first-order valence-electron chi connectivity index (χ1n) is 9.36. The number of nitrogens with zero attached hydrogens (tertiary/aromatic N) is 3. The van der Waals surface area contributed by atoms with Crippen LogP contribution in [0.1, 0.15) is 25.3 Å². The molecule has 1 unspecified atom stereocenters. The van der Waals surface area contributed by atoms with E-state index in [-0.39, 0.29) is 6.54 Å². The number of rotatable bonds is 7.